The van der Waals surface area contributed by atoms with Gasteiger partial charge >= 0.3 is 6.03 Å². The second-order valence-electron chi connectivity index (χ2n) is 8.35. The average molecular weight is 467 g/mol. The minimum atomic E-state index is -0.880. The van der Waals surface area contributed by atoms with E-state index in [0.29, 0.717) is 24.6 Å². The van der Waals surface area contributed by atoms with E-state index in [2.05, 4.69) is 10.6 Å². The molecule has 3 aromatic rings. The number of carbonyl (C=O) groups excluding carboxylic acids is 2. The van der Waals surface area contributed by atoms with Crippen LogP contribution in [0, 0.1) is 23.4 Å². The molecule has 2 unspecified atom stereocenters. The standard InChI is InChI=1S/C26H24F3N3O2/c27-21-8-4-5-17(11-21)14-30-25(33)20-12-19(18-6-2-1-3-7-18)15-32(16-20)26(34)31-24-10-9-22(28)13-23(24)29/h1-11,13,19-20H,12,14-16H2,(H,30,33)(H,31,34). The quantitative estimate of drug-likeness (QED) is 0.551. The zero-order valence-corrected chi connectivity index (χ0v) is 18.3. The molecule has 5 nitrogen and oxygen atoms in total. The summed E-state index contributed by atoms with van der Waals surface area (Å²) < 4.78 is 40.7. The Morgan fingerprint density at radius 1 is 0.882 bits per heavy atom. The summed E-state index contributed by atoms with van der Waals surface area (Å²) in [7, 11) is 0. The number of carbonyl (C=O) groups is 2. The number of rotatable bonds is 5. The van der Waals surface area contributed by atoms with Crippen LogP contribution in [-0.4, -0.2) is 29.9 Å². The van der Waals surface area contributed by atoms with Crippen molar-refractivity contribution in [2.45, 2.75) is 18.9 Å². The fourth-order valence-electron chi connectivity index (χ4n) is 4.19. The third-order valence-corrected chi connectivity index (χ3v) is 5.91. The smallest absolute Gasteiger partial charge is 0.321 e. The Morgan fingerprint density at radius 2 is 1.65 bits per heavy atom. The molecule has 8 heteroatoms. The number of hydrogen-bond donors (Lipinski definition) is 2. The van der Waals surface area contributed by atoms with Gasteiger partial charge in [-0.25, -0.2) is 18.0 Å². The first-order valence-corrected chi connectivity index (χ1v) is 11.0. The largest absolute Gasteiger partial charge is 0.352 e. The fourth-order valence-corrected chi connectivity index (χ4v) is 4.19. The van der Waals surface area contributed by atoms with Crippen molar-refractivity contribution < 1.29 is 22.8 Å². The van der Waals surface area contributed by atoms with Crippen LogP contribution in [0.15, 0.2) is 72.8 Å². The molecular formula is C26H24F3N3O2. The van der Waals surface area contributed by atoms with Gasteiger partial charge in [0.2, 0.25) is 5.91 Å². The van der Waals surface area contributed by atoms with Gasteiger partial charge in [0.15, 0.2) is 0 Å². The van der Waals surface area contributed by atoms with Crippen molar-refractivity contribution in [1.29, 1.82) is 0 Å². The number of nitrogens with one attached hydrogen (secondary N) is 2. The summed E-state index contributed by atoms with van der Waals surface area (Å²) in [5.74, 6) is -2.89. The lowest BCUT2D eigenvalue weighted by atomic mass is 9.84. The van der Waals surface area contributed by atoms with E-state index in [1.54, 1.807) is 12.1 Å². The lowest BCUT2D eigenvalue weighted by Crippen LogP contribution is -2.49. The molecule has 34 heavy (non-hydrogen) atoms. The minimum Gasteiger partial charge on any atom is -0.352 e. The van der Waals surface area contributed by atoms with Crippen molar-refractivity contribution in [2.75, 3.05) is 18.4 Å². The molecule has 2 N–H and O–H groups in total. The van der Waals surface area contributed by atoms with E-state index in [0.717, 1.165) is 17.7 Å². The van der Waals surface area contributed by atoms with Crippen LogP contribution in [-0.2, 0) is 11.3 Å². The van der Waals surface area contributed by atoms with E-state index in [1.165, 1.54) is 17.0 Å². The molecule has 0 spiro atoms. The van der Waals surface area contributed by atoms with E-state index < -0.39 is 23.6 Å². The Morgan fingerprint density at radius 3 is 2.38 bits per heavy atom. The van der Waals surface area contributed by atoms with Crippen LogP contribution in [0.2, 0.25) is 0 Å². The molecule has 1 fully saturated rings. The summed E-state index contributed by atoms with van der Waals surface area (Å²) in [5, 5.41) is 5.30. The van der Waals surface area contributed by atoms with Crippen LogP contribution < -0.4 is 10.6 Å². The molecule has 3 amide bonds. The fraction of sp³-hybridized carbons (Fsp3) is 0.231. The topological polar surface area (TPSA) is 61.4 Å². The first kappa shape index (κ1) is 23.4. The highest BCUT2D eigenvalue weighted by Gasteiger charge is 2.34. The molecule has 1 aliphatic rings. The summed E-state index contributed by atoms with van der Waals surface area (Å²) in [6.07, 6.45) is 0.522. The first-order valence-electron chi connectivity index (χ1n) is 11.0. The maximum absolute atomic E-state index is 14.1. The predicted molar refractivity (Wildman–Crippen MR) is 122 cm³/mol. The highest BCUT2D eigenvalue weighted by Crippen LogP contribution is 2.31. The molecule has 1 aliphatic heterocycles. The number of likely N-dealkylation sites (tertiary alicyclic amines) is 1. The molecule has 0 aliphatic carbocycles. The zero-order chi connectivity index (χ0) is 24.1. The number of anilines is 1. The predicted octanol–water partition coefficient (Wildman–Crippen LogP) is 5.06. The maximum Gasteiger partial charge on any atom is 0.321 e. The monoisotopic (exact) mass is 467 g/mol. The molecule has 0 saturated carbocycles. The highest BCUT2D eigenvalue weighted by molar-refractivity contribution is 5.90. The van der Waals surface area contributed by atoms with Gasteiger partial charge in [-0.3, -0.25) is 4.79 Å². The van der Waals surface area contributed by atoms with Crippen molar-refractivity contribution in [3.63, 3.8) is 0 Å². The van der Waals surface area contributed by atoms with Gasteiger partial charge in [0.25, 0.3) is 0 Å². The number of nitrogens with zero attached hydrogens (tertiary/aromatic N) is 1. The Kier molecular flexibility index (Phi) is 7.15. The Hall–Kier alpha value is -3.81. The molecule has 3 aromatic carbocycles. The van der Waals surface area contributed by atoms with Crippen LogP contribution >= 0.6 is 0 Å². The van der Waals surface area contributed by atoms with E-state index >= 15 is 0 Å². The van der Waals surface area contributed by atoms with E-state index in [-0.39, 0.29) is 36.4 Å². The van der Waals surface area contributed by atoms with Crippen molar-refractivity contribution in [3.05, 3.63) is 101 Å². The van der Waals surface area contributed by atoms with E-state index in [4.69, 9.17) is 0 Å². The third kappa shape index (κ3) is 5.75. The Labute approximate surface area is 195 Å². The number of piperidine rings is 1. The van der Waals surface area contributed by atoms with Crippen molar-refractivity contribution >= 4 is 17.6 Å². The normalized spacial score (nSPS) is 17.8. The molecule has 1 heterocycles. The van der Waals surface area contributed by atoms with Gasteiger partial charge in [0.05, 0.1) is 11.6 Å². The van der Waals surface area contributed by atoms with Crippen LogP contribution in [0.5, 0.6) is 0 Å². The van der Waals surface area contributed by atoms with Crippen molar-refractivity contribution in [3.8, 4) is 0 Å². The summed E-state index contributed by atoms with van der Waals surface area (Å²) >= 11 is 0. The summed E-state index contributed by atoms with van der Waals surface area (Å²) in [5.41, 5.74) is 1.47. The van der Waals surface area contributed by atoms with Crippen molar-refractivity contribution in [1.82, 2.24) is 10.2 Å². The van der Waals surface area contributed by atoms with Gasteiger partial charge in [-0.2, -0.15) is 0 Å². The number of hydrogen-bond acceptors (Lipinski definition) is 2. The molecular weight excluding hydrogens is 443 g/mol. The van der Waals surface area contributed by atoms with Crippen LogP contribution in [0.25, 0.3) is 0 Å². The van der Waals surface area contributed by atoms with Crippen LogP contribution in [0.3, 0.4) is 0 Å². The second kappa shape index (κ2) is 10.4. The van der Waals surface area contributed by atoms with Gasteiger partial charge in [-0.1, -0.05) is 42.5 Å². The van der Waals surface area contributed by atoms with Crippen LogP contribution in [0.4, 0.5) is 23.7 Å². The molecule has 2 atom stereocenters. The summed E-state index contributed by atoms with van der Waals surface area (Å²) in [6.45, 7) is 0.634. The molecule has 0 aromatic heterocycles. The molecule has 0 bridgehead atoms. The lowest BCUT2D eigenvalue weighted by Gasteiger charge is -2.37. The minimum absolute atomic E-state index is 0.108. The van der Waals surface area contributed by atoms with Crippen LogP contribution in [0.1, 0.15) is 23.5 Å². The van der Waals surface area contributed by atoms with Gasteiger partial charge in [-0.15, -0.1) is 0 Å². The molecule has 1 saturated heterocycles. The van der Waals surface area contributed by atoms with E-state index in [9.17, 15) is 22.8 Å². The SMILES string of the molecule is O=C(NCc1cccc(F)c1)C1CC(c2ccccc2)CN(C(=O)Nc2ccc(F)cc2F)C1. The highest BCUT2D eigenvalue weighted by atomic mass is 19.1. The first-order chi connectivity index (χ1) is 16.4. The number of benzene rings is 3. The third-order valence-electron chi connectivity index (χ3n) is 5.91. The van der Waals surface area contributed by atoms with Gasteiger partial charge < -0.3 is 15.5 Å². The maximum atomic E-state index is 14.1. The zero-order valence-electron chi connectivity index (χ0n) is 18.3. The number of amides is 3. The molecule has 0 radical (unpaired) electrons. The van der Waals surface area contributed by atoms with Crippen molar-refractivity contribution in [2.24, 2.45) is 5.92 Å². The average Bonchev–Trinajstić information content (AvgIpc) is 2.84. The second-order valence-corrected chi connectivity index (χ2v) is 8.35. The van der Waals surface area contributed by atoms with E-state index in [1.807, 2.05) is 30.3 Å². The van der Waals surface area contributed by atoms with Gasteiger partial charge in [0, 0.05) is 31.6 Å². The Balaban J connectivity index is 1.49. The number of urea groups is 1. The summed E-state index contributed by atoms with van der Waals surface area (Å²) in [4.78, 5) is 27.4. The molecule has 4 rings (SSSR count). The van der Waals surface area contributed by atoms with Gasteiger partial charge in [0.1, 0.15) is 17.5 Å². The number of halogens is 3. The van der Waals surface area contributed by atoms with Gasteiger partial charge in [-0.05, 0) is 41.8 Å². The Bertz CT molecular complexity index is 1170. The summed E-state index contributed by atoms with van der Waals surface area (Å²) in [6, 6.07) is 17.9. The molecule has 176 valence electrons. The lowest BCUT2D eigenvalue weighted by molar-refractivity contribution is -0.126.